The Kier molecular flexibility index (Phi) is 12.2. The number of fused-ring (bicyclic) bond motifs is 2. The number of halogens is 1. The minimum Gasteiger partial charge on any atom is -0.457 e. The normalized spacial score (nSPS) is 13.9. The number of anilines is 4. The quantitative estimate of drug-likeness (QED) is 0.169. The van der Waals surface area contributed by atoms with Crippen molar-refractivity contribution in [1.82, 2.24) is 0 Å². The fourth-order valence-corrected chi connectivity index (χ4v) is 6.82. The van der Waals surface area contributed by atoms with Gasteiger partial charge in [-0.25, -0.2) is 9.98 Å². The molecule has 2 heterocycles. The highest BCUT2D eigenvalue weighted by molar-refractivity contribution is 6.56. The number of carbonyl (C=O) groups excluding carboxylic acids is 2. The maximum absolute atomic E-state index is 13.2. The molecule has 0 fully saturated rings. The second-order valence-electron chi connectivity index (χ2n) is 12.8. The van der Waals surface area contributed by atoms with Crippen molar-refractivity contribution >= 4 is 69.0 Å². The molecule has 0 bridgehead atoms. The molecule has 2 aliphatic heterocycles. The number of hydrogen-bond donors (Lipinski definition) is 0. The average molecular weight is 769 g/mol. The summed E-state index contributed by atoms with van der Waals surface area (Å²) in [7, 11) is 0. The van der Waals surface area contributed by atoms with Crippen LogP contribution >= 0.6 is 11.6 Å². The molecule has 7 aromatic carbocycles. The third-order valence-corrected chi connectivity index (χ3v) is 9.18. The number of aryl methyl sites for hydroxylation is 1. The molecule has 7 aromatic rings. The van der Waals surface area contributed by atoms with Crippen LogP contribution in [-0.4, -0.2) is 23.2 Å². The first-order valence-corrected chi connectivity index (χ1v) is 18.1. The number of aliphatic imine (C=N–C) groups is 2. The predicted molar refractivity (Wildman–Crippen MR) is 235 cm³/mol. The highest BCUT2D eigenvalue weighted by Crippen LogP contribution is 2.38. The molecule has 8 heteroatoms. The van der Waals surface area contributed by atoms with Gasteiger partial charge in [0.15, 0.2) is 0 Å². The topological polar surface area (TPSA) is 74.6 Å². The van der Waals surface area contributed by atoms with E-state index in [9.17, 15) is 9.59 Å². The fourth-order valence-electron chi connectivity index (χ4n) is 6.53. The van der Waals surface area contributed by atoms with E-state index in [2.05, 4.69) is 9.98 Å². The van der Waals surface area contributed by atoms with Gasteiger partial charge in [0.25, 0.3) is 11.8 Å². The predicted octanol–water partition coefficient (Wildman–Crippen LogP) is 13.0. The number of carbonyl (C=O) groups is 2. The molecule has 0 radical (unpaired) electrons. The summed E-state index contributed by atoms with van der Waals surface area (Å²) in [6.07, 6.45) is 0. The SMILES string of the molecule is C.C.Cc1cc(Cl)cc(N=C2C(=O)N(c3ccccc3)c3ccccc32)c1.O=C1C(=Nc2ccc(Oc3ccccc3)cc2)c2ccccc2N1c1ccccc1. The number of amides is 2. The Balaban J connectivity index is 0.000000189. The minimum absolute atomic E-state index is 0. The van der Waals surface area contributed by atoms with Gasteiger partial charge in [-0.05, 0) is 103 Å². The van der Waals surface area contributed by atoms with Gasteiger partial charge in [0.2, 0.25) is 0 Å². The molecule has 7 nitrogen and oxygen atoms in total. The molecule has 0 atom stereocenters. The number of hydrogen-bond acceptors (Lipinski definition) is 5. The van der Waals surface area contributed by atoms with Crippen LogP contribution in [0.4, 0.5) is 34.1 Å². The summed E-state index contributed by atoms with van der Waals surface area (Å²) >= 11 is 6.13. The second-order valence-corrected chi connectivity index (χ2v) is 13.2. The largest absolute Gasteiger partial charge is 0.457 e. The van der Waals surface area contributed by atoms with E-state index in [1.54, 1.807) is 15.9 Å². The zero-order chi connectivity index (χ0) is 37.7. The Morgan fingerprint density at radius 3 is 1.39 bits per heavy atom. The van der Waals surface area contributed by atoms with Crippen LogP contribution in [0.15, 0.2) is 192 Å². The molecule has 0 aromatic heterocycles. The standard InChI is InChI=1S/C26H18N2O2.C21H15ClN2O.2CH4/c29-26-25(23-13-7-8-14-24(23)28(26)20-9-3-1-4-10-20)27-19-15-17-22(18-16-19)30-21-11-5-2-6-12-21;1-14-11-15(22)13-16(12-14)23-20-18-9-5-6-10-19(18)24(21(20)25)17-7-3-2-4-8-17;;/h1-18H;2-13H,1H3;2*1H4. The van der Waals surface area contributed by atoms with E-state index in [0.29, 0.717) is 33.6 Å². The van der Waals surface area contributed by atoms with Gasteiger partial charge >= 0.3 is 0 Å². The van der Waals surface area contributed by atoms with E-state index < -0.39 is 0 Å². The molecular formula is C49H41ClN4O3. The van der Waals surface area contributed by atoms with Crippen LogP contribution in [0.2, 0.25) is 5.02 Å². The lowest BCUT2D eigenvalue weighted by Crippen LogP contribution is -2.25. The highest BCUT2D eigenvalue weighted by atomic mass is 35.5. The van der Waals surface area contributed by atoms with Crippen LogP contribution in [0.25, 0.3) is 0 Å². The Bertz CT molecular complexity index is 2550. The molecule has 0 spiro atoms. The molecule has 282 valence electrons. The molecule has 2 amide bonds. The Morgan fingerprint density at radius 2 is 0.895 bits per heavy atom. The maximum Gasteiger partial charge on any atom is 0.282 e. The van der Waals surface area contributed by atoms with E-state index in [1.807, 2.05) is 183 Å². The van der Waals surface area contributed by atoms with Gasteiger partial charge in [-0.1, -0.05) is 117 Å². The zero-order valence-corrected chi connectivity index (χ0v) is 30.5. The second kappa shape index (κ2) is 17.6. The van der Waals surface area contributed by atoms with Gasteiger partial charge in [-0.3, -0.25) is 19.4 Å². The van der Waals surface area contributed by atoms with E-state index in [1.165, 1.54) is 0 Å². The van der Waals surface area contributed by atoms with Crippen LogP contribution in [-0.2, 0) is 9.59 Å². The summed E-state index contributed by atoms with van der Waals surface area (Å²) in [5, 5.41) is 0.609. The summed E-state index contributed by atoms with van der Waals surface area (Å²) in [5.74, 6) is 1.22. The minimum atomic E-state index is -0.134. The molecule has 0 aliphatic carbocycles. The number of nitrogens with zero attached hydrogens (tertiary/aromatic N) is 4. The average Bonchev–Trinajstić information content (AvgIpc) is 3.65. The van der Waals surface area contributed by atoms with Gasteiger partial charge in [0.05, 0.1) is 22.7 Å². The van der Waals surface area contributed by atoms with Crippen molar-refractivity contribution in [3.05, 3.63) is 204 Å². The zero-order valence-electron chi connectivity index (χ0n) is 29.7. The lowest BCUT2D eigenvalue weighted by atomic mass is 10.1. The first-order valence-electron chi connectivity index (χ1n) is 17.7. The van der Waals surface area contributed by atoms with Gasteiger partial charge in [0.1, 0.15) is 22.9 Å². The summed E-state index contributed by atoms with van der Waals surface area (Å²) in [5.41, 5.74) is 8.25. The van der Waals surface area contributed by atoms with Gasteiger partial charge < -0.3 is 4.74 Å². The number of ether oxygens (including phenoxy) is 1. The molecular weight excluding hydrogens is 728 g/mol. The summed E-state index contributed by atoms with van der Waals surface area (Å²) in [6, 6.07) is 57.2. The van der Waals surface area contributed by atoms with E-state index >= 15 is 0 Å². The van der Waals surface area contributed by atoms with Gasteiger partial charge in [-0.15, -0.1) is 0 Å². The Morgan fingerprint density at radius 1 is 0.474 bits per heavy atom. The van der Waals surface area contributed by atoms with Gasteiger partial charge in [-0.2, -0.15) is 0 Å². The van der Waals surface area contributed by atoms with Crippen molar-refractivity contribution in [2.24, 2.45) is 9.98 Å². The maximum atomic E-state index is 13.2. The Labute approximate surface area is 338 Å². The van der Waals surface area contributed by atoms with Gasteiger partial charge in [0, 0.05) is 27.5 Å². The molecule has 0 N–H and O–H groups in total. The number of para-hydroxylation sites is 5. The van der Waals surface area contributed by atoms with Crippen LogP contribution in [0.3, 0.4) is 0 Å². The summed E-state index contributed by atoms with van der Waals surface area (Å²) in [4.78, 5) is 39.0. The third-order valence-electron chi connectivity index (χ3n) is 8.96. The highest BCUT2D eigenvalue weighted by Gasteiger charge is 2.36. The van der Waals surface area contributed by atoms with Crippen molar-refractivity contribution in [3.8, 4) is 11.5 Å². The lowest BCUT2D eigenvalue weighted by molar-refractivity contribution is -0.112. The molecule has 0 unspecified atom stereocenters. The molecule has 57 heavy (non-hydrogen) atoms. The molecule has 0 saturated heterocycles. The van der Waals surface area contributed by atoms with Crippen LogP contribution in [0.5, 0.6) is 11.5 Å². The van der Waals surface area contributed by atoms with Crippen molar-refractivity contribution in [2.75, 3.05) is 9.80 Å². The Hall–Kier alpha value is -7.09. The molecule has 9 rings (SSSR count). The molecule has 0 saturated carbocycles. The van der Waals surface area contributed by atoms with Crippen molar-refractivity contribution in [3.63, 3.8) is 0 Å². The molecule has 2 aliphatic rings. The van der Waals surface area contributed by atoms with Crippen LogP contribution in [0.1, 0.15) is 31.5 Å². The van der Waals surface area contributed by atoms with Crippen molar-refractivity contribution in [2.45, 2.75) is 21.8 Å². The first-order chi connectivity index (χ1) is 26.9. The van der Waals surface area contributed by atoms with E-state index in [-0.39, 0.29) is 26.7 Å². The lowest BCUT2D eigenvalue weighted by Gasteiger charge is -2.16. The fraction of sp³-hybridized carbons (Fsp3) is 0.0612. The van der Waals surface area contributed by atoms with E-state index in [4.69, 9.17) is 16.3 Å². The summed E-state index contributed by atoms with van der Waals surface area (Å²) < 4.78 is 5.83. The summed E-state index contributed by atoms with van der Waals surface area (Å²) in [6.45, 7) is 1.95. The number of benzene rings is 7. The van der Waals surface area contributed by atoms with Crippen LogP contribution in [0, 0.1) is 6.92 Å². The third kappa shape index (κ3) is 8.44. The van der Waals surface area contributed by atoms with E-state index in [0.717, 1.165) is 45.2 Å². The monoisotopic (exact) mass is 768 g/mol. The smallest absolute Gasteiger partial charge is 0.282 e. The number of rotatable bonds is 6. The van der Waals surface area contributed by atoms with Crippen molar-refractivity contribution < 1.29 is 14.3 Å². The van der Waals surface area contributed by atoms with Crippen LogP contribution < -0.4 is 14.5 Å². The van der Waals surface area contributed by atoms with Crippen molar-refractivity contribution in [1.29, 1.82) is 0 Å². The first kappa shape index (κ1) is 39.6.